The number of nitrogens with one attached hydrogen (secondary N) is 2. The lowest BCUT2D eigenvalue weighted by Crippen LogP contribution is -2.33. The van der Waals surface area contributed by atoms with Gasteiger partial charge in [0.1, 0.15) is 0 Å². The molecule has 1 rings (SSSR count). The van der Waals surface area contributed by atoms with Gasteiger partial charge in [-0.25, -0.2) is 4.39 Å². The summed E-state index contributed by atoms with van der Waals surface area (Å²) in [4.78, 5) is 11.3. The summed E-state index contributed by atoms with van der Waals surface area (Å²) in [7, 11) is 1.51. The molecule has 1 aromatic carbocycles. The fourth-order valence-corrected chi connectivity index (χ4v) is 1.52. The summed E-state index contributed by atoms with van der Waals surface area (Å²) < 4.78 is 19.1. The standard InChI is InChI=1S/C14H21FN2O2/c1-9(2)17-8-11-5-6-13(12(15)7-11)19-10(3)14(18)16-4/h5-7,9-10,17H,8H2,1-4H3,(H,16,18). The lowest BCUT2D eigenvalue weighted by molar-refractivity contribution is -0.126. The third-order valence-electron chi connectivity index (χ3n) is 2.63. The zero-order valence-corrected chi connectivity index (χ0v) is 11.8. The van der Waals surface area contributed by atoms with E-state index >= 15 is 0 Å². The molecule has 0 spiro atoms. The fourth-order valence-electron chi connectivity index (χ4n) is 1.52. The normalized spacial score (nSPS) is 12.3. The smallest absolute Gasteiger partial charge is 0.260 e. The van der Waals surface area contributed by atoms with Crippen molar-refractivity contribution in [2.45, 2.75) is 39.5 Å². The molecular weight excluding hydrogens is 247 g/mol. The van der Waals surface area contributed by atoms with E-state index in [1.807, 2.05) is 13.8 Å². The molecule has 0 aromatic heterocycles. The van der Waals surface area contributed by atoms with Gasteiger partial charge >= 0.3 is 0 Å². The Kier molecular flexibility index (Phi) is 5.76. The molecule has 106 valence electrons. The van der Waals surface area contributed by atoms with Gasteiger partial charge in [0.25, 0.3) is 5.91 Å². The molecule has 0 saturated carbocycles. The summed E-state index contributed by atoms with van der Waals surface area (Å²) in [6, 6.07) is 5.09. The molecule has 0 fully saturated rings. The van der Waals surface area contributed by atoms with E-state index in [2.05, 4.69) is 10.6 Å². The van der Waals surface area contributed by atoms with E-state index in [4.69, 9.17) is 4.74 Å². The first-order chi connectivity index (χ1) is 8.93. The van der Waals surface area contributed by atoms with E-state index in [0.29, 0.717) is 12.6 Å². The van der Waals surface area contributed by atoms with Crippen molar-refractivity contribution in [3.8, 4) is 5.75 Å². The van der Waals surface area contributed by atoms with Crippen LogP contribution in [0, 0.1) is 5.82 Å². The van der Waals surface area contributed by atoms with Gasteiger partial charge in [-0.1, -0.05) is 19.9 Å². The number of carbonyl (C=O) groups excluding carboxylic acids is 1. The van der Waals surface area contributed by atoms with Crippen molar-refractivity contribution in [3.05, 3.63) is 29.6 Å². The van der Waals surface area contributed by atoms with Crippen molar-refractivity contribution >= 4 is 5.91 Å². The highest BCUT2D eigenvalue weighted by atomic mass is 19.1. The lowest BCUT2D eigenvalue weighted by Gasteiger charge is -2.14. The Morgan fingerprint density at radius 3 is 2.58 bits per heavy atom. The third kappa shape index (κ3) is 4.87. The first-order valence-corrected chi connectivity index (χ1v) is 6.34. The first-order valence-electron chi connectivity index (χ1n) is 6.34. The minimum atomic E-state index is -0.723. The van der Waals surface area contributed by atoms with Gasteiger partial charge in [0, 0.05) is 19.6 Å². The van der Waals surface area contributed by atoms with E-state index in [1.54, 1.807) is 19.1 Å². The molecule has 2 N–H and O–H groups in total. The molecule has 0 aliphatic heterocycles. The molecule has 1 amide bonds. The average molecular weight is 268 g/mol. The van der Waals surface area contributed by atoms with E-state index in [0.717, 1.165) is 5.56 Å². The van der Waals surface area contributed by atoms with Crippen LogP contribution in [0.3, 0.4) is 0 Å². The molecular formula is C14H21FN2O2. The number of halogens is 1. The SMILES string of the molecule is CNC(=O)C(C)Oc1ccc(CNC(C)C)cc1F. The van der Waals surface area contributed by atoms with Crippen molar-refractivity contribution in [2.75, 3.05) is 7.05 Å². The Labute approximate surface area is 113 Å². The number of hydrogen-bond acceptors (Lipinski definition) is 3. The number of hydrogen-bond donors (Lipinski definition) is 2. The number of carbonyl (C=O) groups is 1. The predicted octanol–water partition coefficient (Wildman–Crippen LogP) is 1.84. The van der Waals surface area contributed by atoms with E-state index in [9.17, 15) is 9.18 Å². The molecule has 0 radical (unpaired) electrons. The summed E-state index contributed by atoms with van der Waals surface area (Å²) in [6.45, 7) is 6.23. The van der Waals surface area contributed by atoms with Crippen LogP contribution < -0.4 is 15.4 Å². The number of amides is 1. The molecule has 4 nitrogen and oxygen atoms in total. The molecule has 0 aliphatic rings. The summed E-state index contributed by atoms with van der Waals surface area (Å²) in [5.41, 5.74) is 0.839. The van der Waals surface area contributed by atoms with Gasteiger partial charge in [-0.3, -0.25) is 4.79 Å². The van der Waals surface area contributed by atoms with Crippen LogP contribution >= 0.6 is 0 Å². The zero-order chi connectivity index (χ0) is 14.4. The number of rotatable bonds is 6. The monoisotopic (exact) mass is 268 g/mol. The van der Waals surface area contributed by atoms with E-state index in [-0.39, 0.29) is 11.7 Å². The average Bonchev–Trinajstić information content (AvgIpc) is 2.38. The Morgan fingerprint density at radius 1 is 1.37 bits per heavy atom. The topological polar surface area (TPSA) is 50.4 Å². The third-order valence-corrected chi connectivity index (χ3v) is 2.63. The minimum absolute atomic E-state index is 0.0874. The summed E-state index contributed by atoms with van der Waals surface area (Å²) in [5, 5.41) is 5.66. The van der Waals surface area contributed by atoms with Gasteiger partial charge in [0.05, 0.1) is 0 Å². The number of benzene rings is 1. The second-order valence-electron chi connectivity index (χ2n) is 4.67. The highest BCUT2D eigenvalue weighted by Gasteiger charge is 2.15. The van der Waals surface area contributed by atoms with Gasteiger partial charge in [-0.05, 0) is 24.6 Å². The second-order valence-corrected chi connectivity index (χ2v) is 4.67. The Morgan fingerprint density at radius 2 is 2.05 bits per heavy atom. The molecule has 0 saturated heterocycles. The minimum Gasteiger partial charge on any atom is -0.478 e. The molecule has 0 aliphatic carbocycles. The highest BCUT2D eigenvalue weighted by molar-refractivity contribution is 5.80. The van der Waals surface area contributed by atoms with Gasteiger partial charge in [0.2, 0.25) is 0 Å². The van der Waals surface area contributed by atoms with Crippen LogP contribution in [-0.2, 0) is 11.3 Å². The van der Waals surface area contributed by atoms with Crippen LogP contribution in [0.25, 0.3) is 0 Å². The van der Waals surface area contributed by atoms with Crippen LogP contribution in [0.5, 0.6) is 5.75 Å². The molecule has 1 aromatic rings. The van der Waals surface area contributed by atoms with Crippen LogP contribution in [0.4, 0.5) is 4.39 Å². The zero-order valence-electron chi connectivity index (χ0n) is 11.8. The maximum Gasteiger partial charge on any atom is 0.260 e. The Hall–Kier alpha value is -1.62. The summed E-state index contributed by atoms with van der Waals surface area (Å²) in [6.07, 6.45) is -0.723. The van der Waals surface area contributed by atoms with Crippen LogP contribution in [0.1, 0.15) is 26.3 Å². The largest absolute Gasteiger partial charge is 0.478 e. The van der Waals surface area contributed by atoms with Crippen LogP contribution in [0.2, 0.25) is 0 Å². The second kappa shape index (κ2) is 7.09. The maximum absolute atomic E-state index is 13.8. The molecule has 1 unspecified atom stereocenters. The molecule has 0 heterocycles. The van der Waals surface area contributed by atoms with Crippen molar-refractivity contribution in [3.63, 3.8) is 0 Å². The predicted molar refractivity (Wildman–Crippen MR) is 72.5 cm³/mol. The molecule has 1 atom stereocenters. The van der Waals surface area contributed by atoms with Gasteiger partial charge in [-0.2, -0.15) is 0 Å². The van der Waals surface area contributed by atoms with Crippen molar-refractivity contribution in [2.24, 2.45) is 0 Å². The Balaban J connectivity index is 2.69. The van der Waals surface area contributed by atoms with Crippen LogP contribution in [0.15, 0.2) is 18.2 Å². The number of likely N-dealkylation sites (N-methyl/N-ethyl adjacent to an activating group) is 1. The first kappa shape index (κ1) is 15.4. The summed E-state index contributed by atoms with van der Waals surface area (Å²) >= 11 is 0. The highest BCUT2D eigenvalue weighted by Crippen LogP contribution is 2.19. The lowest BCUT2D eigenvalue weighted by atomic mass is 10.2. The fraction of sp³-hybridized carbons (Fsp3) is 0.500. The molecule has 19 heavy (non-hydrogen) atoms. The quantitative estimate of drug-likeness (QED) is 0.827. The van der Waals surface area contributed by atoms with Gasteiger partial charge in [-0.15, -0.1) is 0 Å². The maximum atomic E-state index is 13.8. The number of ether oxygens (including phenoxy) is 1. The van der Waals surface area contributed by atoms with Crippen molar-refractivity contribution < 1.29 is 13.9 Å². The Bertz CT molecular complexity index is 435. The molecule has 0 bridgehead atoms. The summed E-state index contributed by atoms with van der Waals surface area (Å²) in [5.74, 6) is -0.659. The molecule has 5 heteroatoms. The van der Waals surface area contributed by atoms with Gasteiger partial charge < -0.3 is 15.4 Å². The van der Waals surface area contributed by atoms with Crippen LogP contribution in [-0.4, -0.2) is 25.1 Å². The van der Waals surface area contributed by atoms with Gasteiger partial charge in [0.15, 0.2) is 17.7 Å². The van der Waals surface area contributed by atoms with Crippen molar-refractivity contribution in [1.82, 2.24) is 10.6 Å². The van der Waals surface area contributed by atoms with E-state index in [1.165, 1.54) is 13.1 Å². The van der Waals surface area contributed by atoms with E-state index < -0.39 is 11.9 Å². The van der Waals surface area contributed by atoms with Crippen molar-refractivity contribution in [1.29, 1.82) is 0 Å².